The minimum atomic E-state index is -4.55. The van der Waals surface area contributed by atoms with Gasteiger partial charge in [0.25, 0.3) is 0 Å². The van der Waals surface area contributed by atoms with Crippen molar-refractivity contribution in [3.63, 3.8) is 0 Å². The SMILES string of the molecule is O=C(O)CNc1nc(Nc2ccccc2C(F)(F)F)cc(-c2ccccn2)n1. The lowest BCUT2D eigenvalue weighted by Gasteiger charge is -2.15. The molecule has 10 heteroatoms. The van der Waals surface area contributed by atoms with Crippen LogP contribution in [0.15, 0.2) is 54.7 Å². The van der Waals surface area contributed by atoms with Gasteiger partial charge in [-0.25, -0.2) is 4.98 Å². The largest absolute Gasteiger partial charge is 0.480 e. The number of aliphatic carboxylic acids is 1. The van der Waals surface area contributed by atoms with Crippen LogP contribution in [0.1, 0.15) is 5.56 Å². The van der Waals surface area contributed by atoms with Gasteiger partial charge in [0.2, 0.25) is 5.95 Å². The van der Waals surface area contributed by atoms with E-state index in [1.54, 1.807) is 18.2 Å². The summed E-state index contributed by atoms with van der Waals surface area (Å²) in [6.07, 6.45) is -3.02. The smallest absolute Gasteiger partial charge is 0.418 e. The zero-order valence-electron chi connectivity index (χ0n) is 14.2. The molecule has 0 aliphatic heterocycles. The van der Waals surface area contributed by atoms with Crippen LogP contribution in [0.2, 0.25) is 0 Å². The molecule has 0 aliphatic carbocycles. The summed E-state index contributed by atoms with van der Waals surface area (Å²) in [4.78, 5) is 23.2. The molecule has 2 aromatic heterocycles. The van der Waals surface area contributed by atoms with Crippen molar-refractivity contribution in [1.82, 2.24) is 15.0 Å². The number of rotatable bonds is 6. The van der Waals surface area contributed by atoms with Crippen LogP contribution in [-0.2, 0) is 11.0 Å². The van der Waals surface area contributed by atoms with Gasteiger partial charge in [0.05, 0.1) is 22.6 Å². The zero-order chi connectivity index (χ0) is 20.1. The summed E-state index contributed by atoms with van der Waals surface area (Å²) in [6, 6.07) is 11.5. The molecule has 2 heterocycles. The summed E-state index contributed by atoms with van der Waals surface area (Å²) >= 11 is 0. The average Bonchev–Trinajstić information content (AvgIpc) is 2.66. The van der Waals surface area contributed by atoms with Gasteiger partial charge >= 0.3 is 12.1 Å². The Morgan fingerprint density at radius 1 is 1.04 bits per heavy atom. The molecule has 0 spiro atoms. The summed E-state index contributed by atoms with van der Waals surface area (Å²) in [5, 5.41) is 14.0. The molecule has 7 nitrogen and oxygen atoms in total. The number of alkyl halides is 3. The Kier molecular flexibility index (Phi) is 5.39. The molecule has 0 amide bonds. The number of pyridine rings is 1. The van der Waals surface area contributed by atoms with Crippen molar-refractivity contribution >= 4 is 23.4 Å². The van der Waals surface area contributed by atoms with Crippen molar-refractivity contribution in [2.45, 2.75) is 6.18 Å². The molecule has 0 bridgehead atoms. The molecule has 3 rings (SSSR count). The fraction of sp³-hybridized carbons (Fsp3) is 0.111. The summed E-state index contributed by atoms with van der Waals surface area (Å²) < 4.78 is 39.7. The number of para-hydroxylation sites is 1. The van der Waals surface area contributed by atoms with E-state index in [4.69, 9.17) is 5.11 Å². The predicted octanol–water partition coefficient (Wildman–Crippen LogP) is 3.80. The van der Waals surface area contributed by atoms with E-state index in [0.29, 0.717) is 11.4 Å². The van der Waals surface area contributed by atoms with E-state index >= 15 is 0 Å². The van der Waals surface area contributed by atoms with E-state index < -0.39 is 24.3 Å². The lowest BCUT2D eigenvalue weighted by molar-refractivity contribution is -0.137. The molecule has 0 unspecified atom stereocenters. The van der Waals surface area contributed by atoms with Crippen molar-refractivity contribution in [2.24, 2.45) is 0 Å². The molecule has 0 saturated heterocycles. The van der Waals surface area contributed by atoms with Crippen LogP contribution < -0.4 is 10.6 Å². The summed E-state index contributed by atoms with van der Waals surface area (Å²) in [5.74, 6) is -1.14. The molecule has 0 aliphatic rings. The average molecular weight is 389 g/mol. The summed E-state index contributed by atoms with van der Waals surface area (Å²) in [7, 11) is 0. The molecule has 0 saturated carbocycles. The van der Waals surface area contributed by atoms with E-state index in [1.807, 2.05) is 0 Å². The van der Waals surface area contributed by atoms with Crippen molar-refractivity contribution in [3.8, 4) is 11.4 Å². The Hall–Kier alpha value is -3.69. The van der Waals surface area contributed by atoms with Crippen LogP contribution in [0.25, 0.3) is 11.4 Å². The van der Waals surface area contributed by atoms with Gasteiger partial charge in [-0.2, -0.15) is 18.2 Å². The van der Waals surface area contributed by atoms with E-state index in [0.717, 1.165) is 6.07 Å². The number of carboxylic acids is 1. The van der Waals surface area contributed by atoms with Crippen LogP contribution in [0.4, 0.5) is 30.6 Å². The number of nitrogens with zero attached hydrogens (tertiary/aromatic N) is 3. The van der Waals surface area contributed by atoms with Gasteiger partial charge < -0.3 is 15.7 Å². The second-order valence-electron chi connectivity index (χ2n) is 5.59. The minimum Gasteiger partial charge on any atom is -0.480 e. The van der Waals surface area contributed by atoms with Crippen LogP contribution in [-0.4, -0.2) is 32.6 Å². The molecule has 0 radical (unpaired) electrons. The standard InChI is InChI=1S/C18H14F3N5O2/c19-18(20,21)11-5-1-2-6-12(11)24-15-9-14(13-7-3-4-8-22-13)25-17(26-15)23-10-16(27)28/h1-9H,10H2,(H,27,28)(H2,23,24,25,26). The topological polar surface area (TPSA) is 100 Å². The van der Waals surface area contributed by atoms with Crippen molar-refractivity contribution in [3.05, 3.63) is 60.3 Å². The van der Waals surface area contributed by atoms with Gasteiger partial charge in [-0.3, -0.25) is 9.78 Å². The summed E-state index contributed by atoms with van der Waals surface area (Å²) in [6.45, 7) is -0.454. The maximum atomic E-state index is 13.2. The van der Waals surface area contributed by atoms with Gasteiger partial charge in [-0.05, 0) is 24.3 Å². The van der Waals surface area contributed by atoms with Crippen LogP contribution in [0.3, 0.4) is 0 Å². The van der Waals surface area contributed by atoms with Crippen molar-refractivity contribution < 1.29 is 23.1 Å². The first-order valence-corrected chi connectivity index (χ1v) is 8.02. The monoisotopic (exact) mass is 389 g/mol. The third-order valence-electron chi connectivity index (χ3n) is 3.55. The Balaban J connectivity index is 2.01. The zero-order valence-corrected chi connectivity index (χ0v) is 14.2. The number of hydrogen-bond acceptors (Lipinski definition) is 6. The fourth-order valence-electron chi connectivity index (χ4n) is 2.37. The Morgan fingerprint density at radius 2 is 1.79 bits per heavy atom. The maximum Gasteiger partial charge on any atom is 0.418 e. The number of aromatic nitrogens is 3. The van der Waals surface area contributed by atoms with Crippen LogP contribution >= 0.6 is 0 Å². The first kappa shape index (κ1) is 19.1. The molecular weight excluding hydrogens is 375 g/mol. The number of halogens is 3. The first-order chi connectivity index (χ1) is 13.3. The Labute approximate surface area is 157 Å². The molecule has 3 N–H and O–H groups in total. The highest BCUT2D eigenvalue weighted by atomic mass is 19.4. The number of nitrogens with one attached hydrogen (secondary N) is 2. The molecule has 0 fully saturated rings. The number of carboxylic acid groups (broad SMARTS) is 1. The predicted molar refractivity (Wildman–Crippen MR) is 96.1 cm³/mol. The van der Waals surface area contributed by atoms with Gasteiger partial charge in [0.15, 0.2) is 0 Å². The van der Waals surface area contributed by atoms with Gasteiger partial charge in [-0.15, -0.1) is 0 Å². The van der Waals surface area contributed by atoms with Crippen molar-refractivity contribution in [2.75, 3.05) is 17.2 Å². The highest BCUT2D eigenvalue weighted by Gasteiger charge is 2.33. The highest BCUT2D eigenvalue weighted by Crippen LogP contribution is 2.36. The van der Waals surface area contributed by atoms with Gasteiger partial charge in [0, 0.05) is 12.3 Å². The number of carbonyl (C=O) groups is 1. The highest BCUT2D eigenvalue weighted by molar-refractivity contribution is 5.73. The second-order valence-corrected chi connectivity index (χ2v) is 5.59. The maximum absolute atomic E-state index is 13.2. The number of benzene rings is 1. The van der Waals surface area contributed by atoms with E-state index in [1.165, 1.54) is 30.5 Å². The van der Waals surface area contributed by atoms with E-state index in [9.17, 15) is 18.0 Å². The van der Waals surface area contributed by atoms with Gasteiger partial charge in [0.1, 0.15) is 12.4 Å². The minimum absolute atomic E-state index is 0.0558. The van der Waals surface area contributed by atoms with E-state index in [-0.39, 0.29) is 17.5 Å². The Morgan fingerprint density at radius 3 is 2.46 bits per heavy atom. The second kappa shape index (κ2) is 7.91. The first-order valence-electron chi connectivity index (χ1n) is 8.02. The van der Waals surface area contributed by atoms with Crippen LogP contribution in [0, 0.1) is 0 Å². The molecule has 0 atom stereocenters. The molecule has 28 heavy (non-hydrogen) atoms. The molecule has 3 aromatic rings. The number of hydrogen-bond donors (Lipinski definition) is 3. The third kappa shape index (κ3) is 4.72. The van der Waals surface area contributed by atoms with E-state index in [2.05, 4.69) is 25.6 Å². The quantitative estimate of drug-likeness (QED) is 0.590. The lowest BCUT2D eigenvalue weighted by Crippen LogP contribution is -2.15. The number of anilines is 3. The molecular formula is C18H14F3N5O2. The fourth-order valence-corrected chi connectivity index (χ4v) is 2.37. The van der Waals surface area contributed by atoms with Crippen molar-refractivity contribution in [1.29, 1.82) is 0 Å². The lowest BCUT2D eigenvalue weighted by atomic mass is 10.1. The van der Waals surface area contributed by atoms with Crippen LogP contribution in [0.5, 0.6) is 0 Å². The normalized spacial score (nSPS) is 11.1. The Bertz CT molecular complexity index is 980. The molecule has 144 valence electrons. The third-order valence-corrected chi connectivity index (χ3v) is 3.55. The van der Waals surface area contributed by atoms with Gasteiger partial charge in [-0.1, -0.05) is 18.2 Å². The summed E-state index contributed by atoms with van der Waals surface area (Å²) in [5.41, 5.74) is -0.274. The molecule has 1 aromatic carbocycles.